The van der Waals surface area contributed by atoms with Crippen molar-refractivity contribution in [1.82, 2.24) is 0 Å². The summed E-state index contributed by atoms with van der Waals surface area (Å²) in [5, 5.41) is 13.6. The van der Waals surface area contributed by atoms with E-state index in [1.165, 1.54) is 6.07 Å². The summed E-state index contributed by atoms with van der Waals surface area (Å²) in [4.78, 5) is 10.1. The van der Waals surface area contributed by atoms with Gasteiger partial charge in [-0.15, -0.1) is 11.8 Å². The number of benzene rings is 1. The Balaban J connectivity index is 2.91. The number of aryl methyl sites for hydroxylation is 1. The van der Waals surface area contributed by atoms with E-state index in [0.29, 0.717) is 24.2 Å². The van der Waals surface area contributed by atoms with Crippen molar-refractivity contribution in [1.29, 1.82) is 0 Å². The van der Waals surface area contributed by atoms with Crippen molar-refractivity contribution in [2.45, 2.75) is 20.3 Å². The number of nitro benzene ring substituents is 1. The molecule has 0 aliphatic carbocycles. The minimum Gasteiger partial charge on any atom is -0.379 e. The number of halogens is 1. The molecule has 90 valence electrons. The molecule has 4 nitrogen and oxygen atoms in total. The van der Waals surface area contributed by atoms with Gasteiger partial charge in [-0.25, -0.2) is 4.39 Å². The van der Waals surface area contributed by atoms with Crippen LogP contribution in [0.1, 0.15) is 18.9 Å². The zero-order chi connectivity index (χ0) is 12.8. The number of nitrogens with one attached hydrogen (secondary N) is 1. The third-order valence-corrected chi connectivity index (χ3v) is 2.22. The molecule has 0 spiro atoms. The first-order chi connectivity index (χ1) is 8.06. The van der Waals surface area contributed by atoms with E-state index in [-0.39, 0.29) is 5.69 Å². The number of nitro groups is 1. The molecular formula is C12H13FN2O2. The second kappa shape index (κ2) is 5.85. The molecule has 0 fully saturated rings. The fraction of sp³-hybridized carbons (Fsp3) is 0.333. The monoisotopic (exact) mass is 236 g/mol. The van der Waals surface area contributed by atoms with Crippen LogP contribution in [0.5, 0.6) is 0 Å². The Morgan fingerprint density at radius 2 is 2.24 bits per heavy atom. The molecule has 0 aliphatic heterocycles. The highest BCUT2D eigenvalue weighted by Crippen LogP contribution is 2.27. The Kier molecular flexibility index (Phi) is 4.46. The van der Waals surface area contributed by atoms with Crippen molar-refractivity contribution >= 4 is 11.4 Å². The molecule has 5 heteroatoms. The number of hydrogen-bond acceptors (Lipinski definition) is 3. The van der Waals surface area contributed by atoms with Gasteiger partial charge >= 0.3 is 0 Å². The number of nitrogens with zero attached hydrogens (tertiary/aromatic N) is 1. The van der Waals surface area contributed by atoms with Gasteiger partial charge in [-0.1, -0.05) is 0 Å². The minimum absolute atomic E-state index is 0.252. The average Bonchev–Trinajstić information content (AvgIpc) is 2.28. The second-order valence-corrected chi connectivity index (χ2v) is 3.48. The van der Waals surface area contributed by atoms with E-state index in [1.54, 1.807) is 13.8 Å². The van der Waals surface area contributed by atoms with E-state index in [1.807, 2.05) is 0 Å². The maximum absolute atomic E-state index is 13.2. The van der Waals surface area contributed by atoms with Gasteiger partial charge in [-0.2, -0.15) is 0 Å². The first kappa shape index (κ1) is 13.0. The van der Waals surface area contributed by atoms with Crippen molar-refractivity contribution in [3.05, 3.63) is 33.6 Å². The highest BCUT2D eigenvalue weighted by Gasteiger charge is 2.16. The summed E-state index contributed by atoms with van der Waals surface area (Å²) in [6.07, 6.45) is 0.587. The van der Waals surface area contributed by atoms with Crippen molar-refractivity contribution < 1.29 is 9.31 Å². The predicted octanol–water partition coefficient (Wildman–Crippen LogP) is 2.87. The SMILES string of the molecule is CC#CCCNc1cc(C)c(F)cc1[N+](=O)[O-]. The van der Waals surface area contributed by atoms with Gasteiger partial charge in [0, 0.05) is 13.0 Å². The third-order valence-electron chi connectivity index (χ3n) is 2.22. The number of hydrogen-bond donors (Lipinski definition) is 1. The van der Waals surface area contributed by atoms with Crippen molar-refractivity contribution in [2.24, 2.45) is 0 Å². The zero-order valence-electron chi connectivity index (χ0n) is 9.71. The van der Waals surface area contributed by atoms with E-state index >= 15 is 0 Å². The third kappa shape index (κ3) is 3.45. The van der Waals surface area contributed by atoms with Gasteiger partial charge in [0.1, 0.15) is 11.5 Å². The Labute approximate surface area is 99.0 Å². The fourth-order valence-electron chi connectivity index (χ4n) is 1.35. The molecule has 0 aromatic heterocycles. The molecule has 0 amide bonds. The van der Waals surface area contributed by atoms with Gasteiger partial charge < -0.3 is 5.32 Å². The topological polar surface area (TPSA) is 55.2 Å². The Hall–Kier alpha value is -2.09. The van der Waals surface area contributed by atoms with Crippen LogP contribution in [0.25, 0.3) is 0 Å². The molecule has 0 bridgehead atoms. The van der Waals surface area contributed by atoms with Gasteiger partial charge in [0.25, 0.3) is 5.69 Å². The zero-order valence-corrected chi connectivity index (χ0v) is 9.71. The molecule has 0 heterocycles. The number of rotatable bonds is 4. The van der Waals surface area contributed by atoms with Crippen molar-refractivity contribution in [3.8, 4) is 11.8 Å². The molecule has 1 rings (SSSR count). The normalized spacial score (nSPS) is 9.35. The smallest absolute Gasteiger partial charge is 0.295 e. The van der Waals surface area contributed by atoms with E-state index < -0.39 is 10.7 Å². The molecule has 0 atom stereocenters. The van der Waals surface area contributed by atoms with Crippen LogP contribution < -0.4 is 5.32 Å². The predicted molar refractivity (Wildman–Crippen MR) is 64.3 cm³/mol. The summed E-state index contributed by atoms with van der Waals surface area (Å²) in [5.74, 6) is 4.99. The lowest BCUT2D eigenvalue weighted by atomic mass is 10.1. The van der Waals surface area contributed by atoms with Gasteiger partial charge in [0.05, 0.1) is 11.0 Å². The van der Waals surface area contributed by atoms with Crippen LogP contribution in [-0.2, 0) is 0 Å². The summed E-state index contributed by atoms with van der Waals surface area (Å²) in [5.41, 5.74) is 0.448. The quantitative estimate of drug-likeness (QED) is 0.378. The largest absolute Gasteiger partial charge is 0.379 e. The van der Waals surface area contributed by atoms with Gasteiger partial charge in [0.2, 0.25) is 0 Å². The maximum Gasteiger partial charge on any atom is 0.295 e. The summed E-state index contributed by atoms with van der Waals surface area (Å²) in [7, 11) is 0. The molecule has 0 aliphatic rings. The molecule has 0 saturated heterocycles. The first-order valence-electron chi connectivity index (χ1n) is 5.14. The molecule has 17 heavy (non-hydrogen) atoms. The van der Waals surface area contributed by atoms with Gasteiger partial charge in [0.15, 0.2) is 0 Å². The summed E-state index contributed by atoms with van der Waals surface area (Å²) < 4.78 is 13.2. The summed E-state index contributed by atoms with van der Waals surface area (Å²) in [6.45, 7) is 3.79. The molecule has 0 saturated carbocycles. The van der Waals surface area contributed by atoms with Crippen LogP contribution in [0.2, 0.25) is 0 Å². The summed E-state index contributed by atoms with van der Waals surface area (Å²) in [6, 6.07) is 2.37. The lowest BCUT2D eigenvalue weighted by Gasteiger charge is -2.07. The van der Waals surface area contributed by atoms with Crippen LogP contribution in [-0.4, -0.2) is 11.5 Å². The van der Waals surface area contributed by atoms with Crippen LogP contribution in [0.4, 0.5) is 15.8 Å². The number of anilines is 1. The fourth-order valence-corrected chi connectivity index (χ4v) is 1.35. The maximum atomic E-state index is 13.2. The Morgan fingerprint density at radius 3 is 2.82 bits per heavy atom. The standard InChI is InChI=1S/C12H13FN2O2/c1-3-4-5-6-14-11-7-9(2)10(13)8-12(11)15(16)17/h7-8,14H,5-6H2,1-2H3. The van der Waals surface area contributed by atoms with Crippen LogP contribution in [0, 0.1) is 34.7 Å². The van der Waals surface area contributed by atoms with Crippen LogP contribution >= 0.6 is 0 Å². The van der Waals surface area contributed by atoms with E-state index in [9.17, 15) is 14.5 Å². The van der Waals surface area contributed by atoms with Crippen LogP contribution in [0.15, 0.2) is 12.1 Å². The lowest BCUT2D eigenvalue weighted by Crippen LogP contribution is -2.04. The molecule has 0 radical (unpaired) electrons. The van der Waals surface area contributed by atoms with Crippen LogP contribution in [0.3, 0.4) is 0 Å². The van der Waals surface area contributed by atoms with Gasteiger partial charge in [-0.3, -0.25) is 10.1 Å². The molecule has 1 N–H and O–H groups in total. The lowest BCUT2D eigenvalue weighted by molar-refractivity contribution is -0.384. The second-order valence-electron chi connectivity index (χ2n) is 3.48. The molecular weight excluding hydrogens is 223 g/mol. The molecule has 1 aromatic rings. The van der Waals surface area contributed by atoms with Crippen molar-refractivity contribution in [2.75, 3.05) is 11.9 Å². The highest BCUT2D eigenvalue weighted by atomic mass is 19.1. The van der Waals surface area contributed by atoms with E-state index in [0.717, 1.165) is 6.07 Å². The highest BCUT2D eigenvalue weighted by molar-refractivity contribution is 5.63. The minimum atomic E-state index is -0.601. The van der Waals surface area contributed by atoms with E-state index in [4.69, 9.17) is 0 Å². The van der Waals surface area contributed by atoms with E-state index in [2.05, 4.69) is 17.2 Å². The van der Waals surface area contributed by atoms with Gasteiger partial charge in [-0.05, 0) is 25.5 Å². The Morgan fingerprint density at radius 1 is 1.53 bits per heavy atom. The van der Waals surface area contributed by atoms with Crippen molar-refractivity contribution in [3.63, 3.8) is 0 Å². The summed E-state index contributed by atoms with van der Waals surface area (Å²) >= 11 is 0. The molecule has 0 unspecified atom stereocenters. The first-order valence-corrected chi connectivity index (χ1v) is 5.14. The Bertz CT molecular complexity index is 489. The average molecular weight is 236 g/mol. The molecule has 1 aromatic carbocycles.